The number of para-hydroxylation sites is 1. The van der Waals surface area contributed by atoms with Crippen LogP contribution in [0.1, 0.15) is 18.0 Å². The summed E-state index contributed by atoms with van der Waals surface area (Å²) in [6.07, 6.45) is -2.65. The van der Waals surface area contributed by atoms with Gasteiger partial charge in [0.15, 0.2) is 0 Å². The fourth-order valence-electron chi connectivity index (χ4n) is 2.44. The highest BCUT2D eigenvalue weighted by atomic mass is 79.9. The molecule has 0 aromatic heterocycles. The van der Waals surface area contributed by atoms with Crippen LogP contribution in [-0.2, 0) is 0 Å². The van der Waals surface area contributed by atoms with Gasteiger partial charge in [-0.2, -0.15) is 0 Å². The second-order valence-corrected chi connectivity index (χ2v) is 5.46. The maximum atomic E-state index is 12.8. The van der Waals surface area contributed by atoms with Gasteiger partial charge >= 0.3 is 0 Å². The molecule has 0 spiro atoms. The lowest BCUT2D eigenvalue weighted by atomic mass is 10.0. The van der Waals surface area contributed by atoms with Gasteiger partial charge < -0.3 is 10.4 Å². The highest BCUT2D eigenvalue weighted by Gasteiger charge is 2.27. The average molecular weight is 372 g/mol. The van der Waals surface area contributed by atoms with Crippen LogP contribution >= 0.6 is 28.3 Å². The van der Waals surface area contributed by atoms with Gasteiger partial charge in [-0.3, -0.25) is 4.90 Å². The third-order valence-electron chi connectivity index (χ3n) is 3.37. The monoisotopic (exact) mass is 370 g/mol. The first-order valence-corrected chi connectivity index (χ1v) is 7.09. The van der Waals surface area contributed by atoms with Crippen molar-refractivity contribution in [3.63, 3.8) is 0 Å². The van der Waals surface area contributed by atoms with Gasteiger partial charge in [-0.15, -0.1) is 12.4 Å². The Morgan fingerprint density at radius 2 is 1.95 bits per heavy atom. The molecule has 0 amide bonds. The van der Waals surface area contributed by atoms with E-state index >= 15 is 0 Å². The molecule has 1 aliphatic rings. The predicted octanol–water partition coefficient (Wildman–Crippen LogP) is 3.18. The minimum atomic E-state index is -2.39. The summed E-state index contributed by atoms with van der Waals surface area (Å²) in [6, 6.07) is 4.74. The molecule has 1 aliphatic heterocycles. The van der Waals surface area contributed by atoms with Crippen LogP contribution in [0.25, 0.3) is 0 Å². The highest BCUT2D eigenvalue weighted by molar-refractivity contribution is 9.10. The van der Waals surface area contributed by atoms with Crippen LogP contribution < -0.4 is 5.32 Å². The summed E-state index contributed by atoms with van der Waals surface area (Å²) in [5.41, 5.74) is 0.566. The van der Waals surface area contributed by atoms with Gasteiger partial charge in [-0.05, 0) is 22.0 Å². The van der Waals surface area contributed by atoms with Crippen molar-refractivity contribution in [2.45, 2.75) is 18.9 Å². The number of aromatic hydroxyl groups is 1. The van der Waals surface area contributed by atoms with E-state index in [1.54, 1.807) is 18.2 Å². The molecular formula is C13H18BrClF2N2O. The number of phenolic OH excluding ortho intramolecular Hbond substituents is 1. The van der Waals surface area contributed by atoms with Crippen LogP contribution in [0.5, 0.6) is 5.75 Å². The Bertz CT molecular complexity index is 431. The normalized spacial score (nSPS) is 17.8. The number of hydrogen-bond acceptors (Lipinski definition) is 3. The minimum Gasteiger partial charge on any atom is -0.506 e. The van der Waals surface area contributed by atoms with Crippen molar-refractivity contribution in [1.29, 1.82) is 0 Å². The second kappa shape index (κ2) is 8.12. The Hall–Kier alpha value is -0.430. The van der Waals surface area contributed by atoms with Crippen LogP contribution in [0, 0.1) is 0 Å². The zero-order valence-corrected chi connectivity index (χ0v) is 13.3. The van der Waals surface area contributed by atoms with E-state index in [9.17, 15) is 13.9 Å². The Morgan fingerprint density at radius 3 is 2.55 bits per heavy atom. The lowest BCUT2D eigenvalue weighted by Crippen LogP contribution is -2.45. The van der Waals surface area contributed by atoms with Gasteiger partial charge in [0.2, 0.25) is 6.43 Å². The fourth-order valence-corrected chi connectivity index (χ4v) is 2.82. The summed E-state index contributed by atoms with van der Waals surface area (Å²) in [5.74, 6) is 0.0617. The smallest absolute Gasteiger partial charge is 0.240 e. The number of piperazine rings is 1. The number of alkyl halides is 2. The van der Waals surface area contributed by atoms with Crippen molar-refractivity contribution < 1.29 is 13.9 Å². The topological polar surface area (TPSA) is 35.5 Å². The van der Waals surface area contributed by atoms with E-state index in [1.165, 1.54) is 0 Å². The lowest BCUT2D eigenvalue weighted by Gasteiger charge is -2.35. The Balaban J connectivity index is 0.00000200. The quantitative estimate of drug-likeness (QED) is 0.853. The Kier molecular flexibility index (Phi) is 7.15. The molecule has 3 nitrogen and oxygen atoms in total. The molecule has 0 aliphatic carbocycles. The maximum Gasteiger partial charge on any atom is 0.240 e. The van der Waals surface area contributed by atoms with Gasteiger partial charge in [0.1, 0.15) is 5.75 Å². The van der Waals surface area contributed by atoms with Crippen LogP contribution in [0.15, 0.2) is 22.7 Å². The van der Waals surface area contributed by atoms with Gasteiger partial charge in [0.25, 0.3) is 0 Å². The highest BCUT2D eigenvalue weighted by Crippen LogP contribution is 2.37. The van der Waals surface area contributed by atoms with Crippen molar-refractivity contribution in [2.75, 3.05) is 26.2 Å². The Labute approximate surface area is 131 Å². The number of nitrogens with one attached hydrogen (secondary N) is 1. The first-order valence-electron chi connectivity index (χ1n) is 6.30. The Morgan fingerprint density at radius 1 is 1.30 bits per heavy atom. The van der Waals surface area contributed by atoms with E-state index in [0.717, 1.165) is 13.1 Å². The predicted molar refractivity (Wildman–Crippen MR) is 80.9 cm³/mol. The van der Waals surface area contributed by atoms with Gasteiger partial charge in [0, 0.05) is 44.2 Å². The summed E-state index contributed by atoms with van der Waals surface area (Å²) in [7, 11) is 0. The molecule has 114 valence electrons. The van der Waals surface area contributed by atoms with E-state index in [4.69, 9.17) is 0 Å². The zero-order chi connectivity index (χ0) is 13.8. The van der Waals surface area contributed by atoms with E-state index in [-0.39, 0.29) is 24.6 Å². The molecule has 1 aromatic rings. The van der Waals surface area contributed by atoms with E-state index in [0.29, 0.717) is 23.1 Å². The second-order valence-electron chi connectivity index (χ2n) is 4.61. The molecular weight excluding hydrogens is 354 g/mol. The van der Waals surface area contributed by atoms with Crippen molar-refractivity contribution in [1.82, 2.24) is 10.2 Å². The molecule has 0 radical (unpaired) electrons. The summed E-state index contributed by atoms with van der Waals surface area (Å²) < 4.78 is 26.2. The molecule has 0 bridgehead atoms. The fraction of sp³-hybridized carbons (Fsp3) is 0.538. The SMILES string of the molecule is Cl.Oc1c(Br)cccc1[C@H](CC(F)F)N1CCNCC1. The number of rotatable bonds is 4. The van der Waals surface area contributed by atoms with Crippen molar-refractivity contribution in [3.05, 3.63) is 28.2 Å². The maximum absolute atomic E-state index is 12.8. The van der Waals surface area contributed by atoms with Crippen molar-refractivity contribution in [2.24, 2.45) is 0 Å². The molecule has 0 unspecified atom stereocenters. The number of phenols is 1. The molecule has 2 N–H and O–H groups in total. The average Bonchev–Trinajstić information content (AvgIpc) is 2.40. The molecule has 20 heavy (non-hydrogen) atoms. The number of halogens is 4. The minimum absolute atomic E-state index is 0. The van der Waals surface area contributed by atoms with Gasteiger partial charge in [-0.1, -0.05) is 12.1 Å². The number of benzene rings is 1. The van der Waals surface area contributed by atoms with Crippen molar-refractivity contribution in [3.8, 4) is 5.75 Å². The van der Waals surface area contributed by atoms with Gasteiger partial charge in [0.05, 0.1) is 4.47 Å². The summed E-state index contributed by atoms with van der Waals surface area (Å²) in [5, 5.41) is 13.3. The van der Waals surface area contributed by atoms with Crippen LogP contribution in [0.3, 0.4) is 0 Å². The van der Waals surface area contributed by atoms with Crippen LogP contribution in [0.2, 0.25) is 0 Å². The molecule has 1 saturated heterocycles. The summed E-state index contributed by atoms with van der Waals surface area (Å²) in [6.45, 7) is 3.00. The number of nitrogens with zero attached hydrogens (tertiary/aromatic N) is 1. The first-order chi connectivity index (χ1) is 9.09. The molecule has 1 fully saturated rings. The number of hydrogen-bond donors (Lipinski definition) is 2. The van der Waals surface area contributed by atoms with E-state index in [2.05, 4.69) is 21.2 Å². The third-order valence-corrected chi connectivity index (χ3v) is 4.01. The standard InChI is InChI=1S/C13H17BrF2N2O.ClH/c14-10-3-1-2-9(13(10)19)11(8-12(15)16)18-6-4-17-5-7-18;/h1-3,11-12,17,19H,4-8H2;1H/t11-;/m0./s1. The third kappa shape index (κ3) is 4.28. The summed E-state index contributed by atoms with van der Waals surface area (Å²) >= 11 is 3.24. The van der Waals surface area contributed by atoms with Crippen molar-refractivity contribution >= 4 is 28.3 Å². The van der Waals surface area contributed by atoms with E-state index in [1.807, 2.05) is 4.90 Å². The first kappa shape index (κ1) is 17.6. The lowest BCUT2D eigenvalue weighted by molar-refractivity contribution is 0.0729. The largest absolute Gasteiger partial charge is 0.506 e. The summed E-state index contributed by atoms with van der Waals surface area (Å²) in [4.78, 5) is 2.00. The molecule has 1 heterocycles. The zero-order valence-electron chi connectivity index (χ0n) is 10.9. The molecule has 1 aromatic carbocycles. The van der Waals surface area contributed by atoms with Crippen LogP contribution in [-0.4, -0.2) is 42.6 Å². The molecule has 2 rings (SSSR count). The van der Waals surface area contributed by atoms with Crippen LogP contribution in [0.4, 0.5) is 8.78 Å². The molecule has 7 heteroatoms. The molecule has 1 atom stereocenters. The van der Waals surface area contributed by atoms with E-state index < -0.39 is 12.5 Å². The molecule has 0 saturated carbocycles. The van der Waals surface area contributed by atoms with Gasteiger partial charge in [-0.25, -0.2) is 8.78 Å².